The molecule has 168 valence electrons. The lowest BCUT2D eigenvalue weighted by Gasteiger charge is -2.34. The molecule has 31 heavy (non-hydrogen) atoms. The predicted molar refractivity (Wildman–Crippen MR) is 121 cm³/mol. The molecule has 3 rings (SSSR count). The highest BCUT2D eigenvalue weighted by atomic mass is 19.1. The van der Waals surface area contributed by atoms with Crippen molar-refractivity contribution in [2.45, 2.75) is 19.4 Å². The molecule has 0 radical (unpaired) electrons. The molecule has 0 amide bonds. The molecule has 1 saturated heterocycles. The Balaban J connectivity index is 1.29. The molecular formula is C22H32FN7O. The van der Waals surface area contributed by atoms with E-state index in [1.807, 2.05) is 13.0 Å². The van der Waals surface area contributed by atoms with Crippen LogP contribution in [0.2, 0.25) is 0 Å². The summed E-state index contributed by atoms with van der Waals surface area (Å²) >= 11 is 0. The molecule has 0 spiro atoms. The number of hydrogen-bond acceptors (Lipinski definition) is 6. The van der Waals surface area contributed by atoms with E-state index < -0.39 is 0 Å². The number of para-hydroxylation sites is 1. The van der Waals surface area contributed by atoms with Crippen LogP contribution >= 0.6 is 0 Å². The fourth-order valence-electron chi connectivity index (χ4n) is 3.40. The number of halogens is 1. The molecule has 0 aliphatic carbocycles. The minimum absolute atomic E-state index is 0.194. The Morgan fingerprint density at radius 1 is 1.13 bits per heavy atom. The Morgan fingerprint density at radius 2 is 1.87 bits per heavy atom. The Kier molecular flexibility index (Phi) is 8.84. The molecule has 9 heteroatoms. The molecule has 2 heterocycles. The van der Waals surface area contributed by atoms with Gasteiger partial charge in [-0.3, -0.25) is 9.89 Å². The Bertz CT molecular complexity index is 813. The maximum atomic E-state index is 13.7. The lowest BCUT2D eigenvalue weighted by molar-refractivity contribution is 0.214. The molecule has 1 aromatic carbocycles. The van der Waals surface area contributed by atoms with Crippen molar-refractivity contribution in [3.8, 4) is 5.75 Å². The van der Waals surface area contributed by atoms with E-state index in [-0.39, 0.29) is 17.7 Å². The first-order valence-corrected chi connectivity index (χ1v) is 10.8. The molecule has 2 N–H and O–H groups in total. The van der Waals surface area contributed by atoms with Crippen LogP contribution in [0.3, 0.4) is 0 Å². The lowest BCUT2D eigenvalue weighted by atomic mass is 10.3. The summed E-state index contributed by atoms with van der Waals surface area (Å²) in [5, 5.41) is 6.55. The van der Waals surface area contributed by atoms with Gasteiger partial charge in [0.1, 0.15) is 6.10 Å². The summed E-state index contributed by atoms with van der Waals surface area (Å²) in [5.74, 6) is 1.44. The third kappa shape index (κ3) is 7.36. The van der Waals surface area contributed by atoms with Crippen LogP contribution in [-0.4, -0.2) is 79.8 Å². The summed E-state index contributed by atoms with van der Waals surface area (Å²) in [6.07, 6.45) is 4.40. The van der Waals surface area contributed by atoms with E-state index in [4.69, 9.17) is 4.74 Å². The monoisotopic (exact) mass is 429 g/mol. The van der Waals surface area contributed by atoms with Gasteiger partial charge in [-0.15, -0.1) is 0 Å². The van der Waals surface area contributed by atoms with E-state index in [2.05, 4.69) is 35.4 Å². The van der Waals surface area contributed by atoms with Crippen LogP contribution in [0.15, 0.2) is 47.7 Å². The number of hydrogen-bond donors (Lipinski definition) is 2. The van der Waals surface area contributed by atoms with Crippen molar-refractivity contribution in [3.63, 3.8) is 0 Å². The van der Waals surface area contributed by atoms with Crippen molar-refractivity contribution < 1.29 is 9.13 Å². The molecule has 0 saturated carbocycles. The molecule has 2 aromatic rings. The Hall–Kier alpha value is -2.94. The van der Waals surface area contributed by atoms with Gasteiger partial charge in [0.05, 0.1) is 6.54 Å². The molecule has 1 fully saturated rings. The summed E-state index contributed by atoms with van der Waals surface area (Å²) in [6, 6.07) is 8.27. The number of ether oxygens (including phenoxy) is 1. The van der Waals surface area contributed by atoms with Gasteiger partial charge < -0.3 is 20.3 Å². The molecule has 1 atom stereocenters. The topological polar surface area (TPSA) is 77.9 Å². The number of benzene rings is 1. The van der Waals surface area contributed by atoms with Crippen LogP contribution in [-0.2, 0) is 0 Å². The van der Waals surface area contributed by atoms with Crippen molar-refractivity contribution in [3.05, 3.63) is 48.5 Å². The molecule has 0 bridgehead atoms. The third-order valence-corrected chi connectivity index (χ3v) is 5.10. The molecular weight excluding hydrogens is 397 g/mol. The van der Waals surface area contributed by atoms with E-state index in [0.29, 0.717) is 6.54 Å². The van der Waals surface area contributed by atoms with Crippen LogP contribution in [0.4, 0.5) is 10.3 Å². The summed E-state index contributed by atoms with van der Waals surface area (Å²) in [4.78, 5) is 17.6. The molecule has 8 nitrogen and oxygen atoms in total. The molecule has 1 aliphatic rings. The van der Waals surface area contributed by atoms with Gasteiger partial charge in [0.15, 0.2) is 17.5 Å². The van der Waals surface area contributed by atoms with E-state index in [9.17, 15) is 4.39 Å². The number of nitrogens with one attached hydrogen (secondary N) is 2. The zero-order chi connectivity index (χ0) is 21.9. The number of piperazine rings is 1. The quantitative estimate of drug-likeness (QED) is 0.357. The number of aromatic nitrogens is 2. The van der Waals surface area contributed by atoms with Crippen LogP contribution in [0.5, 0.6) is 5.75 Å². The first kappa shape index (κ1) is 22.7. The average molecular weight is 430 g/mol. The van der Waals surface area contributed by atoms with Crippen molar-refractivity contribution >= 4 is 11.9 Å². The highest BCUT2D eigenvalue weighted by Crippen LogP contribution is 2.16. The standard InChI is InChI=1S/C22H32FN7O/c1-18(31-20-8-4-3-7-19(20)23)17-28-21(24-2)25-11-6-12-29-13-15-30(16-14-29)22-26-9-5-10-27-22/h3-5,7-10,18H,6,11-17H2,1-2H3,(H2,24,25,28). The maximum Gasteiger partial charge on any atom is 0.225 e. The molecule has 1 aromatic heterocycles. The maximum absolute atomic E-state index is 13.7. The van der Waals surface area contributed by atoms with Gasteiger partial charge in [0, 0.05) is 52.2 Å². The summed E-state index contributed by atoms with van der Waals surface area (Å²) in [7, 11) is 1.74. The van der Waals surface area contributed by atoms with Crippen molar-refractivity contribution in [2.75, 3.05) is 57.8 Å². The van der Waals surface area contributed by atoms with Gasteiger partial charge in [-0.05, 0) is 38.1 Å². The summed E-state index contributed by atoms with van der Waals surface area (Å²) in [5.41, 5.74) is 0. The smallest absolute Gasteiger partial charge is 0.225 e. The molecule has 1 aliphatic heterocycles. The summed E-state index contributed by atoms with van der Waals surface area (Å²) in [6.45, 7) is 8.18. The van der Waals surface area contributed by atoms with Crippen molar-refractivity contribution in [2.24, 2.45) is 4.99 Å². The third-order valence-electron chi connectivity index (χ3n) is 5.10. The van der Waals surface area contributed by atoms with Gasteiger partial charge in [0.25, 0.3) is 0 Å². The Labute approximate surface area is 183 Å². The minimum Gasteiger partial charge on any atom is -0.486 e. The van der Waals surface area contributed by atoms with Gasteiger partial charge in [-0.2, -0.15) is 0 Å². The Morgan fingerprint density at radius 3 is 2.58 bits per heavy atom. The van der Waals surface area contributed by atoms with Crippen LogP contribution in [0.1, 0.15) is 13.3 Å². The highest BCUT2D eigenvalue weighted by Gasteiger charge is 2.18. The zero-order valence-electron chi connectivity index (χ0n) is 18.3. The van der Waals surface area contributed by atoms with E-state index in [1.165, 1.54) is 6.07 Å². The zero-order valence-corrected chi connectivity index (χ0v) is 18.3. The van der Waals surface area contributed by atoms with Crippen LogP contribution in [0, 0.1) is 5.82 Å². The second-order valence-electron chi connectivity index (χ2n) is 7.47. The van der Waals surface area contributed by atoms with Gasteiger partial charge in [0.2, 0.25) is 5.95 Å². The number of anilines is 1. The minimum atomic E-state index is -0.353. The van der Waals surface area contributed by atoms with Gasteiger partial charge in [-0.1, -0.05) is 12.1 Å². The average Bonchev–Trinajstić information content (AvgIpc) is 2.81. The highest BCUT2D eigenvalue weighted by molar-refractivity contribution is 5.79. The van der Waals surface area contributed by atoms with E-state index in [1.54, 1.807) is 37.6 Å². The number of rotatable bonds is 9. The van der Waals surface area contributed by atoms with Crippen molar-refractivity contribution in [1.82, 2.24) is 25.5 Å². The normalized spacial score (nSPS) is 16.1. The van der Waals surface area contributed by atoms with Crippen LogP contribution in [0.25, 0.3) is 0 Å². The number of nitrogens with zero attached hydrogens (tertiary/aromatic N) is 5. The van der Waals surface area contributed by atoms with E-state index >= 15 is 0 Å². The predicted octanol–water partition coefficient (Wildman–Crippen LogP) is 1.76. The van der Waals surface area contributed by atoms with Crippen molar-refractivity contribution in [1.29, 1.82) is 0 Å². The fourth-order valence-corrected chi connectivity index (χ4v) is 3.40. The van der Waals surface area contributed by atoms with Crippen LogP contribution < -0.4 is 20.3 Å². The van der Waals surface area contributed by atoms with Gasteiger partial charge >= 0.3 is 0 Å². The first-order chi connectivity index (χ1) is 15.2. The number of aliphatic imine (C=N–C) groups is 1. The SMILES string of the molecule is CN=C(NCCCN1CCN(c2ncccn2)CC1)NCC(C)Oc1ccccc1F. The molecule has 1 unspecified atom stereocenters. The largest absolute Gasteiger partial charge is 0.486 e. The van der Waals surface area contributed by atoms with E-state index in [0.717, 1.165) is 57.6 Å². The van der Waals surface area contributed by atoms with Gasteiger partial charge in [-0.25, -0.2) is 14.4 Å². The second-order valence-corrected chi connectivity index (χ2v) is 7.47. The lowest BCUT2D eigenvalue weighted by Crippen LogP contribution is -2.48. The summed E-state index contributed by atoms with van der Waals surface area (Å²) < 4.78 is 19.3. The fraction of sp³-hybridized carbons (Fsp3) is 0.500. The number of guanidine groups is 1. The first-order valence-electron chi connectivity index (χ1n) is 10.8. The second kappa shape index (κ2) is 12.0.